The van der Waals surface area contributed by atoms with Crippen molar-refractivity contribution in [2.24, 2.45) is 23.5 Å². The van der Waals surface area contributed by atoms with Crippen molar-refractivity contribution in [1.82, 2.24) is 0 Å². The third-order valence-corrected chi connectivity index (χ3v) is 5.27. The standard InChI is InChI=1S/C19H31N/c1-13-10-11-15(12-14(13)2)18(20)16-8-6-7-9-17(16)19(3,4)5/h6-9,13-15,18H,10-12,20H2,1-5H3. The molecule has 2 N–H and O–H groups in total. The lowest BCUT2D eigenvalue weighted by molar-refractivity contribution is 0.185. The van der Waals surface area contributed by atoms with Gasteiger partial charge in [0.25, 0.3) is 0 Å². The number of hydrogen-bond donors (Lipinski definition) is 1. The van der Waals surface area contributed by atoms with Crippen LogP contribution in [0.2, 0.25) is 0 Å². The van der Waals surface area contributed by atoms with Crippen LogP contribution in [-0.2, 0) is 5.41 Å². The molecule has 4 unspecified atom stereocenters. The molecular weight excluding hydrogens is 242 g/mol. The Labute approximate surface area is 125 Å². The molecule has 0 amide bonds. The summed E-state index contributed by atoms with van der Waals surface area (Å²) in [6, 6.07) is 8.97. The average Bonchev–Trinajstić information content (AvgIpc) is 2.40. The second kappa shape index (κ2) is 5.89. The zero-order valence-corrected chi connectivity index (χ0v) is 13.8. The first-order chi connectivity index (χ1) is 9.30. The molecule has 4 atom stereocenters. The van der Waals surface area contributed by atoms with E-state index in [0.717, 1.165) is 11.8 Å². The number of benzene rings is 1. The van der Waals surface area contributed by atoms with Crippen molar-refractivity contribution in [3.63, 3.8) is 0 Å². The first-order valence-electron chi connectivity index (χ1n) is 8.15. The topological polar surface area (TPSA) is 26.0 Å². The summed E-state index contributed by atoms with van der Waals surface area (Å²) in [4.78, 5) is 0. The lowest BCUT2D eigenvalue weighted by Gasteiger charge is -2.37. The molecule has 1 aliphatic rings. The Morgan fingerprint density at radius 3 is 2.30 bits per heavy atom. The molecule has 1 aromatic rings. The van der Waals surface area contributed by atoms with Gasteiger partial charge >= 0.3 is 0 Å². The van der Waals surface area contributed by atoms with Gasteiger partial charge in [0.05, 0.1) is 0 Å². The maximum absolute atomic E-state index is 6.67. The van der Waals surface area contributed by atoms with Gasteiger partial charge in [-0.3, -0.25) is 0 Å². The van der Waals surface area contributed by atoms with Crippen LogP contribution >= 0.6 is 0 Å². The van der Waals surface area contributed by atoms with Crippen LogP contribution in [-0.4, -0.2) is 0 Å². The van der Waals surface area contributed by atoms with Gasteiger partial charge in [0.15, 0.2) is 0 Å². The molecule has 0 saturated heterocycles. The van der Waals surface area contributed by atoms with Crippen molar-refractivity contribution in [2.45, 2.75) is 65.3 Å². The largest absolute Gasteiger partial charge is 0.324 e. The second-order valence-electron chi connectivity index (χ2n) is 7.89. The normalized spacial score (nSPS) is 29.2. The fourth-order valence-corrected chi connectivity index (χ4v) is 3.64. The highest BCUT2D eigenvalue weighted by molar-refractivity contribution is 5.35. The summed E-state index contributed by atoms with van der Waals surface area (Å²) in [5, 5.41) is 0. The van der Waals surface area contributed by atoms with Crippen LogP contribution in [0.4, 0.5) is 0 Å². The molecule has 20 heavy (non-hydrogen) atoms. The van der Waals surface area contributed by atoms with E-state index < -0.39 is 0 Å². The van der Waals surface area contributed by atoms with Crippen LogP contribution in [0.15, 0.2) is 24.3 Å². The molecule has 1 aliphatic carbocycles. The molecule has 0 aromatic heterocycles. The van der Waals surface area contributed by atoms with Gasteiger partial charge in [-0.1, -0.05) is 65.3 Å². The highest BCUT2D eigenvalue weighted by Gasteiger charge is 2.31. The summed E-state index contributed by atoms with van der Waals surface area (Å²) in [7, 11) is 0. The molecule has 0 bridgehead atoms. The molecule has 1 nitrogen and oxygen atoms in total. The van der Waals surface area contributed by atoms with Crippen LogP contribution in [0.25, 0.3) is 0 Å². The van der Waals surface area contributed by atoms with Gasteiger partial charge in [-0.2, -0.15) is 0 Å². The van der Waals surface area contributed by atoms with E-state index in [1.54, 1.807) is 0 Å². The van der Waals surface area contributed by atoms with Crippen molar-refractivity contribution in [3.8, 4) is 0 Å². The minimum absolute atomic E-state index is 0.168. The third kappa shape index (κ3) is 3.25. The molecule has 112 valence electrons. The van der Waals surface area contributed by atoms with Crippen LogP contribution in [0.1, 0.15) is 71.0 Å². The zero-order chi connectivity index (χ0) is 14.9. The van der Waals surface area contributed by atoms with Crippen LogP contribution in [0.5, 0.6) is 0 Å². The van der Waals surface area contributed by atoms with E-state index in [1.165, 1.54) is 30.4 Å². The van der Waals surface area contributed by atoms with E-state index in [9.17, 15) is 0 Å². The van der Waals surface area contributed by atoms with E-state index in [1.807, 2.05) is 0 Å². The predicted octanol–water partition coefficient (Wildman–Crippen LogP) is 5.06. The van der Waals surface area contributed by atoms with Crippen molar-refractivity contribution in [3.05, 3.63) is 35.4 Å². The van der Waals surface area contributed by atoms with Gasteiger partial charge < -0.3 is 5.73 Å². The first-order valence-corrected chi connectivity index (χ1v) is 8.15. The Morgan fingerprint density at radius 1 is 1.05 bits per heavy atom. The second-order valence-corrected chi connectivity index (χ2v) is 7.89. The highest BCUT2D eigenvalue weighted by atomic mass is 14.7. The average molecular weight is 273 g/mol. The number of hydrogen-bond acceptors (Lipinski definition) is 1. The summed E-state index contributed by atoms with van der Waals surface area (Å²) in [5.41, 5.74) is 9.63. The van der Waals surface area contributed by atoms with Crippen molar-refractivity contribution < 1.29 is 0 Å². The van der Waals surface area contributed by atoms with Crippen molar-refractivity contribution >= 4 is 0 Å². The van der Waals surface area contributed by atoms with Crippen molar-refractivity contribution in [2.75, 3.05) is 0 Å². The maximum Gasteiger partial charge on any atom is 0.0326 e. The molecule has 1 fully saturated rings. The van der Waals surface area contributed by atoms with Crippen LogP contribution < -0.4 is 5.73 Å². The highest BCUT2D eigenvalue weighted by Crippen LogP contribution is 2.41. The molecule has 2 rings (SSSR count). The number of nitrogens with two attached hydrogens (primary N) is 1. The van der Waals surface area contributed by atoms with E-state index in [4.69, 9.17) is 5.73 Å². The molecule has 0 aliphatic heterocycles. The fraction of sp³-hybridized carbons (Fsp3) is 0.684. The quantitative estimate of drug-likeness (QED) is 0.801. The van der Waals surface area contributed by atoms with E-state index in [-0.39, 0.29) is 11.5 Å². The Morgan fingerprint density at radius 2 is 1.70 bits per heavy atom. The number of rotatable bonds is 2. The minimum Gasteiger partial charge on any atom is -0.324 e. The van der Waals surface area contributed by atoms with Gasteiger partial charge in [0.1, 0.15) is 0 Å². The third-order valence-electron chi connectivity index (χ3n) is 5.27. The van der Waals surface area contributed by atoms with Gasteiger partial charge in [0, 0.05) is 6.04 Å². The maximum atomic E-state index is 6.67. The Bertz CT molecular complexity index is 443. The fourth-order valence-electron chi connectivity index (χ4n) is 3.64. The zero-order valence-electron chi connectivity index (χ0n) is 13.8. The summed E-state index contributed by atoms with van der Waals surface area (Å²) < 4.78 is 0. The molecular formula is C19H31N. The summed E-state index contributed by atoms with van der Waals surface area (Å²) in [6.45, 7) is 11.6. The molecule has 1 heteroatoms. The smallest absolute Gasteiger partial charge is 0.0326 e. The van der Waals surface area contributed by atoms with Gasteiger partial charge in [0.2, 0.25) is 0 Å². The summed E-state index contributed by atoms with van der Waals surface area (Å²) >= 11 is 0. The first kappa shape index (κ1) is 15.6. The Kier molecular flexibility index (Phi) is 4.59. The van der Waals surface area contributed by atoms with Crippen molar-refractivity contribution in [1.29, 1.82) is 0 Å². The van der Waals surface area contributed by atoms with Gasteiger partial charge in [-0.05, 0) is 47.1 Å². The van der Waals surface area contributed by atoms with Crippen LogP contribution in [0.3, 0.4) is 0 Å². The Hall–Kier alpha value is -0.820. The monoisotopic (exact) mass is 273 g/mol. The molecule has 1 saturated carbocycles. The molecule has 0 heterocycles. The van der Waals surface area contributed by atoms with E-state index >= 15 is 0 Å². The SMILES string of the molecule is CC1CCC(C(N)c2ccccc2C(C)(C)C)CC1C. The lowest BCUT2D eigenvalue weighted by atomic mass is 9.70. The van der Waals surface area contributed by atoms with Gasteiger partial charge in [-0.15, -0.1) is 0 Å². The van der Waals surface area contributed by atoms with Gasteiger partial charge in [-0.25, -0.2) is 0 Å². The minimum atomic E-state index is 0.168. The Balaban J connectivity index is 2.24. The van der Waals surface area contributed by atoms with E-state index in [0.29, 0.717) is 5.92 Å². The molecule has 0 radical (unpaired) electrons. The predicted molar refractivity (Wildman–Crippen MR) is 87.7 cm³/mol. The lowest BCUT2D eigenvalue weighted by Crippen LogP contribution is -2.31. The molecule has 1 aromatic carbocycles. The summed E-state index contributed by atoms with van der Waals surface area (Å²) in [6.07, 6.45) is 3.89. The molecule has 0 spiro atoms. The van der Waals surface area contributed by atoms with E-state index in [2.05, 4.69) is 58.9 Å². The summed E-state index contributed by atoms with van der Waals surface area (Å²) in [5.74, 6) is 2.31. The van der Waals surface area contributed by atoms with Crippen LogP contribution in [0, 0.1) is 17.8 Å².